The van der Waals surface area contributed by atoms with E-state index in [9.17, 15) is 4.79 Å². The molecular weight excluding hydrogens is 312 g/mol. The van der Waals surface area contributed by atoms with E-state index in [4.69, 9.17) is 0 Å². The second-order valence-corrected chi connectivity index (χ2v) is 6.70. The van der Waals surface area contributed by atoms with Crippen LogP contribution in [0.5, 0.6) is 0 Å². The molecule has 0 spiro atoms. The molecule has 0 radical (unpaired) electrons. The molecule has 2 aromatic rings. The van der Waals surface area contributed by atoms with Crippen LogP contribution in [0.2, 0.25) is 0 Å². The van der Waals surface area contributed by atoms with Gasteiger partial charge in [-0.05, 0) is 31.8 Å². The van der Waals surface area contributed by atoms with Gasteiger partial charge in [0.2, 0.25) is 5.91 Å². The number of carbonyl (C=O) groups excluding carboxylic acids is 1. The van der Waals surface area contributed by atoms with Crippen molar-refractivity contribution in [2.45, 2.75) is 12.6 Å². The van der Waals surface area contributed by atoms with E-state index in [2.05, 4.69) is 16.0 Å². The summed E-state index contributed by atoms with van der Waals surface area (Å²) in [5.41, 5.74) is 2.13. The summed E-state index contributed by atoms with van der Waals surface area (Å²) < 4.78 is 0. The number of benzene rings is 1. The van der Waals surface area contributed by atoms with Crippen LogP contribution in [0.15, 0.2) is 54.7 Å². The van der Waals surface area contributed by atoms with Gasteiger partial charge in [-0.25, -0.2) is 0 Å². The highest BCUT2D eigenvalue weighted by Gasteiger charge is 2.29. The maximum Gasteiger partial charge on any atom is 0.244 e. The summed E-state index contributed by atoms with van der Waals surface area (Å²) in [4.78, 5) is 23.8. The van der Waals surface area contributed by atoms with Crippen molar-refractivity contribution in [3.05, 3.63) is 66.0 Å². The van der Waals surface area contributed by atoms with Gasteiger partial charge in [0.05, 0.1) is 5.69 Å². The normalized spacial score (nSPS) is 16.8. The molecular formula is C20H26N4O. The van der Waals surface area contributed by atoms with E-state index in [1.807, 2.05) is 72.6 Å². The molecule has 0 N–H and O–H groups in total. The molecule has 1 aromatic heterocycles. The molecule has 1 aliphatic rings. The lowest BCUT2D eigenvalue weighted by Gasteiger charge is -2.37. The Morgan fingerprint density at radius 1 is 1.04 bits per heavy atom. The van der Waals surface area contributed by atoms with E-state index >= 15 is 0 Å². The van der Waals surface area contributed by atoms with Crippen molar-refractivity contribution in [2.24, 2.45) is 0 Å². The van der Waals surface area contributed by atoms with Crippen LogP contribution in [-0.2, 0) is 11.3 Å². The molecule has 1 aromatic carbocycles. The number of likely N-dealkylation sites (N-methyl/N-ethyl adjacent to an activating group) is 1. The number of hydrogen-bond donors (Lipinski definition) is 0. The highest BCUT2D eigenvalue weighted by molar-refractivity contribution is 5.83. The van der Waals surface area contributed by atoms with E-state index in [1.54, 1.807) is 0 Å². The maximum atomic E-state index is 13.1. The highest BCUT2D eigenvalue weighted by atomic mass is 16.2. The maximum absolute atomic E-state index is 13.1. The molecule has 0 bridgehead atoms. The second-order valence-electron chi connectivity index (χ2n) is 6.70. The summed E-state index contributed by atoms with van der Waals surface area (Å²) in [5, 5.41) is 0. The van der Waals surface area contributed by atoms with E-state index in [0.29, 0.717) is 0 Å². The third-order valence-electron chi connectivity index (χ3n) is 4.66. The first kappa shape index (κ1) is 17.6. The first-order chi connectivity index (χ1) is 12.1. The van der Waals surface area contributed by atoms with Gasteiger partial charge in [-0.1, -0.05) is 36.4 Å². The molecule has 3 rings (SSSR count). The molecule has 132 valence electrons. The van der Waals surface area contributed by atoms with E-state index in [0.717, 1.165) is 44.0 Å². The Balaban J connectivity index is 1.60. The van der Waals surface area contributed by atoms with Crippen LogP contribution >= 0.6 is 0 Å². The Bertz CT molecular complexity index is 667. The van der Waals surface area contributed by atoms with Crippen LogP contribution < -0.4 is 0 Å². The second kappa shape index (κ2) is 8.23. The van der Waals surface area contributed by atoms with Gasteiger partial charge < -0.3 is 4.90 Å². The monoisotopic (exact) mass is 338 g/mol. The quantitative estimate of drug-likeness (QED) is 0.836. The Hall–Kier alpha value is -2.24. The summed E-state index contributed by atoms with van der Waals surface area (Å²) in [7, 11) is 3.93. The number of aromatic nitrogens is 1. The zero-order valence-electron chi connectivity index (χ0n) is 15.0. The minimum Gasteiger partial charge on any atom is -0.338 e. The Morgan fingerprint density at radius 2 is 1.72 bits per heavy atom. The van der Waals surface area contributed by atoms with Gasteiger partial charge in [-0.3, -0.25) is 19.6 Å². The minimum atomic E-state index is -0.219. The van der Waals surface area contributed by atoms with Crippen molar-refractivity contribution in [3.8, 4) is 0 Å². The first-order valence-electron chi connectivity index (χ1n) is 8.77. The van der Waals surface area contributed by atoms with Crippen LogP contribution in [0.4, 0.5) is 0 Å². The van der Waals surface area contributed by atoms with E-state index in [1.165, 1.54) is 0 Å². The third-order valence-corrected chi connectivity index (χ3v) is 4.66. The van der Waals surface area contributed by atoms with Gasteiger partial charge >= 0.3 is 0 Å². The predicted molar refractivity (Wildman–Crippen MR) is 99.0 cm³/mol. The van der Waals surface area contributed by atoms with Gasteiger partial charge in [0.15, 0.2) is 0 Å². The number of piperazine rings is 1. The zero-order valence-corrected chi connectivity index (χ0v) is 15.0. The Morgan fingerprint density at radius 3 is 2.32 bits per heavy atom. The fraction of sp³-hybridized carbons (Fsp3) is 0.400. The topological polar surface area (TPSA) is 39.7 Å². The number of carbonyl (C=O) groups is 1. The van der Waals surface area contributed by atoms with Crippen LogP contribution in [0.1, 0.15) is 17.3 Å². The molecule has 1 atom stereocenters. The standard InChI is InChI=1S/C20H26N4O/c1-22(2)19(17-8-4-3-5-9-17)20(25)24-14-12-23(13-15-24)16-18-10-6-7-11-21-18/h3-11,19H,12-16H2,1-2H3/t19-/m1/s1. The molecule has 1 aliphatic heterocycles. The summed E-state index contributed by atoms with van der Waals surface area (Å²) >= 11 is 0. The largest absolute Gasteiger partial charge is 0.338 e. The average molecular weight is 338 g/mol. The van der Waals surface area contributed by atoms with Crippen LogP contribution in [0.25, 0.3) is 0 Å². The lowest BCUT2D eigenvalue weighted by molar-refractivity contribution is -0.138. The number of hydrogen-bond acceptors (Lipinski definition) is 4. The van der Waals surface area contributed by atoms with Gasteiger partial charge in [0.1, 0.15) is 6.04 Å². The molecule has 0 unspecified atom stereocenters. The van der Waals surface area contributed by atoms with E-state index < -0.39 is 0 Å². The fourth-order valence-corrected chi connectivity index (χ4v) is 3.32. The van der Waals surface area contributed by atoms with Gasteiger partial charge in [-0.2, -0.15) is 0 Å². The predicted octanol–water partition coefficient (Wildman–Crippen LogP) is 2.03. The van der Waals surface area contributed by atoms with Crippen molar-refractivity contribution in [3.63, 3.8) is 0 Å². The van der Waals surface area contributed by atoms with Gasteiger partial charge in [0.25, 0.3) is 0 Å². The molecule has 0 saturated carbocycles. The Kier molecular flexibility index (Phi) is 5.79. The summed E-state index contributed by atoms with van der Waals surface area (Å²) in [6.07, 6.45) is 1.83. The molecule has 1 fully saturated rings. The lowest BCUT2D eigenvalue weighted by atomic mass is 10.0. The molecule has 2 heterocycles. The van der Waals surface area contributed by atoms with Crippen molar-refractivity contribution in [1.82, 2.24) is 19.7 Å². The number of pyridine rings is 1. The van der Waals surface area contributed by atoms with Crippen molar-refractivity contribution in [2.75, 3.05) is 40.3 Å². The number of nitrogens with zero attached hydrogens (tertiary/aromatic N) is 4. The van der Waals surface area contributed by atoms with Crippen LogP contribution in [-0.4, -0.2) is 65.9 Å². The molecule has 5 nitrogen and oxygen atoms in total. The third kappa shape index (κ3) is 4.44. The molecule has 0 aliphatic carbocycles. The van der Waals surface area contributed by atoms with Gasteiger partial charge in [-0.15, -0.1) is 0 Å². The number of rotatable bonds is 5. The van der Waals surface area contributed by atoms with E-state index in [-0.39, 0.29) is 11.9 Å². The summed E-state index contributed by atoms with van der Waals surface area (Å²) in [6.45, 7) is 4.15. The first-order valence-corrected chi connectivity index (χ1v) is 8.77. The molecule has 5 heteroatoms. The van der Waals surface area contributed by atoms with Crippen LogP contribution in [0.3, 0.4) is 0 Å². The van der Waals surface area contributed by atoms with Gasteiger partial charge in [0, 0.05) is 38.9 Å². The SMILES string of the molecule is CN(C)[C@@H](C(=O)N1CCN(Cc2ccccn2)CC1)c1ccccc1. The minimum absolute atomic E-state index is 0.189. The average Bonchev–Trinajstić information content (AvgIpc) is 2.64. The molecule has 1 saturated heterocycles. The lowest BCUT2D eigenvalue weighted by Crippen LogP contribution is -2.51. The smallest absolute Gasteiger partial charge is 0.244 e. The van der Waals surface area contributed by atoms with Crippen molar-refractivity contribution >= 4 is 5.91 Å². The van der Waals surface area contributed by atoms with Crippen molar-refractivity contribution < 1.29 is 4.79 Å². The summed E-state index contributed by atoms with van der Waals surface area (Å²) in [6, 6.07) is 15.8. The highest BCUT2D eigenvalue weighted by Crippen LogP contribution is 2.21. The van der Waals surface area contributed by atoms with Crippen molar-refractivity contribution in [1.29, 1.82) is 0 Å². The Labute approximate surface area is 149 Å². The zero-order chi connectivity index (χ0) is 17.6. The fourth-order valence-electron chi connectivity index (χ4n) is 3.32. The van der Waals surface area contributed by atoms with Crippen LogP contribution in [0, 0.1) is 0 Å². The summed E-state index contributed by atoms with van der Waals surface area (Å²) in [5.74, 6) is 0.189. The number of amides is 1. The molecule has 25 heavy (non-hydrogen) atoms. The molecule has 1 amide bonds.